The molecule has 0 spiro atoms. The van der Waals surface area contributed by atoms with Gasteiger partial charge in [0.2, 0.25) is 0 Å². The average Bonchev–Trinajstić information content (AvgIpc) is 2.85. The third-order valence-electron chi connectivity index (χ3n) is 3.56. The Kier molecular flexibility index (Phi) is 3.44. The Bertz CT molecular complexity index is 805. The molecular formula is C17H17N3O. The molecule has 0 atom stereocenters. The van der Waals surface area contributed by atoms with Gasteiger partial charge in [0.15, 0.2) is 0 Å². The number of aryl methyl sites for hydroxylation is 2. The van der Waals surface area contributed by atoms with Gasteiger partial charge in [0.05, 0.1) is 11.0 Å². The number of carbonyl (C=O) groups excluding carboxylic acids is 1. The molecular weight excluding hydrogens is 262 g/mol. The molecule has 0 saturated carbocycles. The van der Waals surface area contributed by atoms with Crippen LogP contribution in [0.3, 0.4) is 0 Å². The highest BCUT2D eigenvalue weighted by atomic mass is 16.1. The number of benzene rings is 2. The molecule has 1 heterocycles. The Morgan fingerprint density at radius 1 is 1.19 bits per heavy atom. The fraction of sp³-hybridized carbons (Fsp3) is 0.176. The summed E-state index contributed by atoms with van der Waals surface area (Å²) in [6.07, 6.45) is 0. The second-order valence-corrected chi connectivity index (χ2v) is 5.16. The molecule has 0 aliphatic carbocycles. The van der Waals surface area contributed by atoms with E-state index in [1.807, 2.05) is 50.2 Å². The summed E-state index contributed by atoms with van der Waals surface area (Å²) in [4.78, 5) is 19.7. The van der Waals surface area contributed by atoms with E-state index in [0.717, 1.165) is 22.4 Å². The number of hydrogen-bond acceptors (Lipinski definition) is 2. The van der Waals surface area contributed by atoms with Crippen LogP contribution in [-0.4, -0.2) is 15.9 Å². The van der Waals surface area contributed by atoms with Crippen molar-refractivity contribution in [1.82, 2.24) is 15.3 Å². The van der Waals surface area contributed by atoms with Crippen molar-refractivity contribution in [3.05, 3.63) is 65.0 Å². The summed E-state index contributed by atoms with van der Waals surface area (Å²) >= 11 is 0. The van der Waals surface area contributed by atoms with Crippen molar-refractivity contribution in [3.63, 3.8) is 0 Å². The zero-order valence-corrected chi connectivity index (χ0v) is 12.1. The summed E-state index contributed by atoms with van der Waals surface area (Å²) in [5, 5.41) is 2.95. The van der Waals surface area contributed by atoms with Crippen LogP contribution in [0.25, 0.3) is 11.0 Å². The number of aromatic nitrogens is 2. The van der Waals surface area contributed by atoms with E-state index in [4.69, 9.17) is 0 Å². The number of nitrogens with one attached hydrogen (secondary N) is 2. The van der Waals surface area contributed by atoms with Crippen LogP contribution in [0, 0.1) is 13.8 Å². The summed E-state index contributed by atoms with van der Waals surface area (Å²) < 4.78 is 0. The zero-order valence-electron chi connectivity index (χ0n) is 12.1. The van der Waals surface area contributed by atoms with Gasteiger partial charge >= 0.3 is 0 Å². The van der Waals surface area contributed by atoms with E-state index in [9.17, 15) is 4.79 Å². The Balaban J connectivity index is 1.76. The van der Waals surface area contributed by atoms with Crippen LogP contribution in [0.15, 0.2) is 42.5 Å². The first-order valence-electron chi connectivity index (χ1n) is 6.92. The highest BCUT2D eigenvalue weighted by Crippen LogP contribution is 2.14. The van der Waals surface area contributed by atoms with Gasteiger partial charge in [0.25, 0.3) is 5.91 Å². The Labute approximate surface area is 123 Å². The van der Waals surface area contributed by atoms with E-state index in [-0.39, 0.29) is 5.91 Å². The first-order valence-corrected chi connectivity index (χ1v) is 6.92. The zero-order chi connectivity index (χ0) is 14.8. The van der Waals surface area contributed by atoms with Crippen molar-refractivity contribution >= 4 is 16.9 Å². The monoisotopic (exact) mass is 279 g/mol. The summed E-state index contributed by atoms with van der Waals surface area (Å²) in [5.41, 5.74) is 4.71. The molecule has 4 nitrogen and oxygen atoms in total. The fourth-order valence-corrected chi connectivity index (χ4v) is 2.36. The molecule has 0 aliphatic rings. The SMILES string of the molecule is Cc1nc2ccc(C(=O)NCc3ccccc3C)cc2[nH]1. The number of aromatic amines is 1. The maximum absolute atomic E-state index is 12.2. The number of fused-ring (bicyclic) bond motifs is 1. The third-order valence-corrected chi connectivity index (χ3v) is 3.56. The van der Waals surface area contributed by atoms with E-state index in [1.165, 1.54) is 5.56 Å². The largest absolute Gasteiger partial charge is 0.348 e. The van der Waals surface area contributed by atoms with E-state index in [0.29, 0.717) is 12.1 Å². The number of carbonyl (C=O) groups is 1. The summed E-state index contributed by atoms with van der Waals surface area (Å²) in [7, 11) is 0. The average molecular weight is 279 g/mol. The Morgan fingerprint density at radius 3 is 2.81 bits per heavy atom. The minimum atomic E-state index is -0.0765. The summed E-state index contributed by atoms with van der Waals surface area (Å²) in [6, 6.07) is 13.5. The second kappa shape index (κ2) is 5.40. The predicted octanol–water partition coefficient (Wildman–Crippen LogP) is 3.11. The molecule has 1 aromatic heterocycles. The lowest BCUT2D eigenvalue weighted by Gasteiger charge is -2.08. The van der Waals surface area contributed by atoms with Crippen LogP contribution < -0.4 is 5.32 Å². The molecule has 106 valence electrons. The van der Waals surface area contributed by atoms with Gasteiger partial charge < -0.3 is 10.3 Å². The number of imidazole rings is 1. The lowest BCUT2D eigenvalue weighted by molar-refractivity contribution is 0.0951. The predicted molar refractivity (Wildman–Crippen MR) is 83.2 cm³/mol. The number of nitrogens with zero attached hydrogens (tertiary/aromatic N) is 1. The molecule has 4 heteroatoms. The van der Waals surface area contributed by atoms with Crippen LogP contribution in [0.5, 0.6) is 0 Å². The van der Waals surface area contributed by atoms with E-state index < -0.39 is 0 Å². The molecule has 0 saturated heterocycles. The standard InChI is InChI=1S/C17H17N3O/c1-11-5-3-4-6-14(11)10-18-17(21)13-7-8-15-16(9-13)20-12(2)19-15/h3-9H,10H2,1-2H3,(H,18,21)(H,19,20). The maximum Gasteiger partial charge on any atom is 0.251 e. The Hall–Kier alpha value is -2.62. The molecule has 3 rings (SSSR count). The normalized spacial score (nSPS) is 10.8. The first-order chi connectivity index (χ1) is 10.1. The van der Waals surface area contributed by atoms with Gasteiger partial charge in [0.1, 0.15) is 5.82 Å². The van der Waals surface area contributed by atoms with E-state index in [1.54, 1.807) is 6.07 Å². The van der Waals surface area contributed by atoms with Gasteiger partial charge in [-0.05, 0) is 43.2 Å². The van der Waals surface area contributed by atoms with Crippen LogP contribution in [0.1, 0.15) is 27.3 Å². The maximum atomic E-state index is 12.2. The molecule has 0 aliphatic heterocycles. The molecule has 2 aromatic carbocycles. The van der Waals surface area contributed by atoms with Gasteiger partial charge in [-0.15, -0.1) is 0 Å². The molecule has 0 unspecified atom stereocenters. The van der Waals surface area contributed by atoms with Gasteiger partial charge in [-0.2, -0.15) is 0 Å². The lowest BCUT2D eigenvalue weighted by Crippen LogP contribution is -2.23. The molecule has 3 aromatic rings. The second-order valence-electron chi connectivity index (χ2n) is 5.16. The molecule has 2 N–H and O–H groups in total. The van der Waals surface area contributed by atoms with Crippen molar-refractivity contribution in [2.75, 3.05) is 0 Å². The van der Waals surface area contributed by atoms with Crippen molar-refractivity contribution in [2.45, 2.75) is 20.4 Å². The van der Waals surface area contributed by atoms with Crippen molar-refractivity contribution in [3.8, 4) is 0 Å². The summed E-state index contributed by atoms with van der Waals surface area (Å²) in [6.45, 7) is 4.48. The van der Waals surface area contributed by atoms with Crippen molar-refractivity contribution in [1.29, 1.82) is 0 Å². The third kappa shape index (κ3) is 2.79. The van der Waals surface area contributed by atoms with Gasteiger partial charge in [-0.25, -0.2) is 4.98 Å². The number of rotatable bonds is 3. The minimum absolute atomic E-state index is 0.0765. The first kappa shape index (κ1) is 13.4. The molecule has 0 radical (unpaired) electrons. The van der Waals surface area contributed by atoms with Gasteiger partial charge in [-0.1, -0.05) is 24.3 Å². The number of hydrogen-bond donors (Lipinski definition) is 2. The number of H-pyrrole nitrogens is 1. The van der Waals surface area contributed by atoms with Crippen LogP contribution in [-0.2, 0) is 6.54 Å². The smallest absolute Gasteiger partial charge is 0.251 e. The highest BCUT2D eigenvalue weighted by molar-refractivity contribution is 5.97. The summed E-state index contributed by atoms with van der Waals surface area (Å²) in [5.74, 6) is 0.773. The minimum Gasteiger partial charge on any atom is -0.348 e. The topological polar surface area (TPSA) is 57.8 Å². The molecule has 1 amide bonds. The molecule has 0 bridgehead atoms. The van der Waals surface area contributed by atoms with Crippen LogP contribution >= 0.6 is 0 Å². The molecule has 21 heavy (non-hydrogen) atoms. The Morgan fingerprint density at radius 2 is 2.00 bits per heavy atom. The van der Waals surface area contributed by atoms with Gasteiger partial charge in [-0.3, -0.25) is 4.79 Å². The van der Waals surface area contributed by atoms with Crippen molar-refractivity contribution in [2.24, 2.45) is 0 Å². The van der Waals surface area contributed by atoms with E-state index >= 15 is 0 Å². The van der Waals surface area contributed by atoms with Crippen LogP contribution in [0.2, 0.25) is 0 Å². The lowest BCUT2D eigenvalue weighted by atomic mass is 10.1. The van der Waals surface area contributed by atoms with Gasteiger partial charge in [0, 0.05) is 12.1 Å². The molecule has 0 fully saturated rings. The van der Waals surface area contributed by atoms with E-state index in [2.05, 4.69) is 15.3 Å². The number of amides is 1. The van der Waals surface area contributed by atoms with Crippen molar-refractivity contribution < 1.29 is 4.79 Å². The quantitative estimate of drug-likeness (QED) is 0.774. The fourth-order valence-electron chi connectivity index (χ4n) is 2.36. The van der Waals surface area contributed by atoms with Crippen LogP contribution in [0.4, 0.5) is 0 Å². The highest BCUT2D eigenvalue weighted by Gasteiger charge is 2.08.